The molecule has 0 aliphatic heterocycles. The number of carbonyl (C=O) groups is 1. The van der Waals surface area contributed by atoms with Crippen LogP contribution in [0.2, 0.25) is 10.0 Å². The smallest absolute Gasteiger partial charge is 0.224 e. The van der Waals surface area contributed by atoms with Crippen molar-refractivity contribution < 1.29 is 13.6 Å². The Morgan fingerprint density at radius 2 is 1.86 bits per heavy atom. The molecule has 6 heteroatoms. The molecule has 0 saturated carbocycles. The van der Waals surface area contributed by atoms with Crippen LogP contribution in [-0.2, 0) is 11.2 Å². The van der Waals surface area contributed by atoms with Gasteiger partial charge in [-0.1, -0.05) is 23.2 Å². The van der Waals surface area contributed by atoms with Crippen LogP contribution in [0.4, 0.5) is 14.5 Å². The maximum absolute atomic E-state index is 13.4. The molecule has 0 aliphatic rings. The van der Waals surface area contributed by atoms with Crippen molar-refractivity contribution >= 4 is 34.8 Å². The second-order valence-corrected chi connectivity index (χ2v) is 5.25. The molecule has 0 heterocycles. The summed E-state index contributed by atoms with van der Waals surface area (Å²) >= 11 is 11.7. The van der Waals surface area contributed by atoms with Crippen molar-refractivity contribution in [1.82, 2.24) is 0 Å². The SMILES string of the molecule is O=C(CCc1cc(F)ccc1F)Nc1cc(Cl)ccc1Cl. The second kappa shape index (κ2) is 6.87. The van der Waals surface area contributed by atoms with Gasteiger partial charge in [0.2, 0.25) is 5.91 Å². The van der Waals surface area contributed by atoms with Gasteiger partial charge in [-0.2, -0.15) is 0 Å². The zero-order valence-corrected chi connectivity index (χ0v) is 12.3. The van der Waals surface area contributed by atoms with Gasteiger partial charge in [0.15, 0.2) is 0 Å². The van der Waals surface area contributed by atoms with Gasteiger partial charge in [-0.05, 0) is 48.4 Å². The Labute approximate surface area is 130 Å². The fourth-order valence-corrected chi connectivity index (χ4v) is 2.13. The monoisotopic (exact) mass is 329 g/mol. The van der Waals surface area contributed by atoms with E-state index in [0.29, 0.717) is 15.7 Å². The van der Waals surface area contributed by atoms with Gasteiger partial charge in [-0.3, -0.25) is 4.79 Å². The molecule has 2 rings (SSSR count). The summed E-state index contributed by atoms with van der Waals surface area (Å²) in [6.45, 7) is 0. The van der Waals surface area contributed by atoms with Gasteiger partial charge in [-0.25, -0.2) is 8.78 Å². The predicted molar refractivity (Wildman–Crippen MR) is 79.8 cm³/mol. The summed E-state index contributed by atoms with van der Waals surface area (Å²) in [6, 6.07) is 7.83. The highest BCUT2D eigenvalue weighted by atomic mass is 35.5. The van der Waals surface area contributed by atoms with Gasteiger partial charge in [0.25, 0.3) is 0 Å². The van der Waals surface area contributed by atoms with Crippen LogP contribution in [0.5, 0.6) is 0 Å². The number of carbonyl (C=O) groups excluding carboxylic acids is 1. The molecule has 0 saturated heterocycles. The highest BCUT2D eigenvalue weighted by Crippen LogP contribution is 2.25. The molecule has 0 spiro atoms. The predicted octanol–water partition coefficient (Wildman–Crippen LogP) is 4.84. The van der Waals surface area contributed by atoms with E-state index in [1.165, 1.54) is 6.07 Å². The van der Waals surface area contributed by atoms with Crippen LogP contribution in [0.1, 0.15) is 12.0 Å². The van der Waals surface area contributed by atoms with Crippen molar-refractivity contribution in [3.63, 3.8) is 0 Å². The molecule has 0 aliphatic carbocycles. The van der Waals surface area contributed by atoms with E-state index in [9.17, 15) is 13.6 Å². The maximum atomic E-state index is 13.4. The quantitative estimate of drug-likeness (QED) is 0.854. The molecule has 110 valence electrons. The second-order valence-electron chi connectivity index (χ2n) is 4.41. The van der Waals surface area contributed by atoms with E-state index < -0.39 is 11.6 Å². The molecular weight excluding hydrogens is 319 g/mol. The first-order chi connectivity index (χ1) is 9.95. The lowest BCUT2D eigenvalue weighted by Gasteiger charge is -2.08. The minimum Gasteiger partial charge on any atom is -0.325 e. The minimum absolute atomic E-state index is 0.00319. The molecule has 0 atom stereocenters. The third-order valence-electron chi connectivity index (χ3n) is 2.83. The van der Waals surface area contributed by atoms with Crippen LogP contribution in [0.3, 0.4) is 0 Å². The normalized spacial score (nSPS) is 10.5. The van der Waals surface area contributed by atoms with Crippen LogP contribution in [0, 0.1) is 11.6 Å². The fraction of sp³-hybridized carbons (Fsp3) is 0.133. The average molecular weight is 330 g/mol. The van der Waals surface area contributed by atoms with Crippen LogP contribution in [0.15, 0.2) is 36.4 Å². The highest BCUT2D eigenvalue weighted by Gasteiger charge is 2.09. The number of hydrogen-bond acceptors (Lipinski definition) is 1. The summed E-state index contributed by atoms with van der Waals surface area (Å²) in [5.41, 5.74) is 0.538. The Balaban J connectivity index is 1.99. The Bertz CT molecular complexity index is 677. The van der Waals surface area contributed by atoms with E-state index in [0.717, 1.165) is 18.2 Å². The van der Waals surface area contributed by atoms with Crippen LogP contribution < -0.4 is 5.32 Å². The molecule has 2 nitrogen and oxygen atoms in total. The number of anilines is 1. The van der Waals surface area contributed by atoms with Gasteiger partial charge in [0.1, 0.15) is 11.6 Å². The highest BCUT2D eigenvalue weighted by molar-refractivity contribution is 6.35. The van der Waals surface area contributed by atoms with Gasteiger partial charge in [0, 0.05) is 11.4 Å². The average Bonchev–Trinajstić information content (AvgIpc) is 2.44. The van der Waals surface area contributed by atoms with Gasteiger partial charge < -0.3 is 5.32 Å². The third-order valence-corrected chi connectivity index (χ3v) is 3.40. The molecule has 0 unspecified atom stereocenters. The lowest BCUT2D eigenvalue weighted by molar-refractivity contribution is -0.116. The molecule has 0 fully saturated rings. The van der Waals surface area contributed by atoms with Crippen molar-refractivity contribution in [1.29, 1.82) is 0 Å². The first-order valence-electron chi connectivity index (χ1n) is 6.14. The number of amides is 1. The zero-order valence-electron chi connectivity index (χ0n) is 10.8. The number of aryl methyl sites for hydroxylation is 1. The van der Waals surface area contributed by atoms with Crippen molar-refractivity contribution in [2.75, 3.05) is 5.32 Å². The molecule has 2 aromatic carbocycles. The largest absolute Gasteiger partial charge is 0.325 e. The Hall–Kier alpha value is -1.65. The minimum atomic E-state index is -0.537. The van der Waals surface area contributed by atoms with E-state index in [1.807, 2.05) is 0 Å². The summed E-state index contributed by atoms with van der Waals surface area (Å²) in [5, 5.41) is 3.37. The first kappa shape index (κ1) is 15.7. The third kappa shape index (κ3) is 4.41. The lowest BCUT2D eigenvalue weighted by Crippen LogP contribution is -2.13. The maximum Gasteiger partial charge on any atom is 0.224 e. The van der Waals surface area contributed by atoms with Crippen molar-refractivity contribution in [3.05, 3.63) is 63.6 Å². The number of benzene rings is 2. The zero-order chi connectivity index (χ0) is 15.4. The molecule has 2 aromatic rings. The number of halogens is 4. The van der Waals surface area contributed by atoms with Gasteiger partial charge >= 0.3 is 0 Å². The van der Waals surface area contributed by atoms with Gasteiger partial charge in [0.05, 0.1) is 10.7 Å². The van der Waals surface area contributed by atoms with Crippen molar-refractivity contribution in [3.8, 4) is 0 Å². The van der Waals surface area contributed by atoms with E-state index in [4.69, 9.17) is 23.2 Å². The van der Waals surface area contributed by atoms with E-state index in [1.54, 1.807) is 12.1 Å². The summed E-state index contributed by atoms with van der Waals surface area (Å²) in [5.74, 6) is -1.43. The number of hydrogen-bond donors (Lipinski definition) is 1. The van der Waals surface area contributed by atoms with Crippen LogP contribution >= 0.6 is 23.2 Å². The Kier molecular flexibility index (Phi) is 5.15. The van der Waals surface area contributed by atoms with Crippen LogP contribution in [-0.4, -0.2) is 5.91 Å². The summed E-state index contributed by atoms with van der Waals surface area (Å²) in [7, 11) is 0. The standard InChI is InChI=1S/C15H11Cl2F2NO/c16-10-2-4-12(17)14(8-10)20-15(21)6-1-9-7-11(18)3-5-13(9)19/h2-5,7-8H,1,6H2,(H,20,21). The number of nitrogens with one attached hydrogen (secondary N) is 1. The van der Waals surface area contributed by atoms with E-state index in [-0.39, 0.29) is 24.3 Å². The Morgan fingerprint density at radius 3 is 2.62 bits per heavy atom. The van der Waals surface area contributed by atoms with E-state index in [2.05, 4.69) is 5.32 Å². The molecule has 1 N–H and O–H groups in total. The molecular formula is C15H11Cl2F2NO. The van der Waals surface area contributed by atoms with Gasteiger partial charge in [-0.15, -0.1) is 0 Å². The molecule has 0 aromatic heterocycles. The fourth-order valence-electron chi connectivity index (χ4n) is 1.79. The molecule has 1 amide bonds. The number of rotatable bonds is 4. The first-order valence-corrected chi connectivity index (χ1v) is 6.90. The molecule has 0 radical (unpaired) electrons. The molecule has 0 bridgehead atoms. The van der Waals surface area contributed by atoms with E-state index >= 15 is 0 Å². The van der Waals surface area contributed by atoms with Crippen LogP contribution in [0.25, 0.3) is 0 Å². The van der Waals surface area contributed by atoms with Crippen molar-refractivity contribution in [2.45, 2.75) is 12.8 Å². The van der Waals surface area contributed by atoms with Crippen molar-refractivity contribution in [2.24, 2.45) is 0 Å². The Morgan fingerprint density at radius 1 is 1.10 bits per heavy atom. The summed E-state index contributed by atoms with van der Waals surface area (Å²) in [4.78, 5) is 11.8. The molecule has 21 heavy (non-hydrogen) atoms. The lowest BCUT2D eigenvalue weighted by atomic mass is 10.1. The topological polar surface area (TPSA) is 29.1 Å². The summed E-state index contributed by atoms with van der Waals surface area (Å²) < 4.78 is 26.4. The summed E-state index contributed by atoms with van der Waals surface area (Å²) in [6.07, 6.45) is 0.0941.